The maximum atomic E-state index is 5.12. The summed E-state index contributed by atoms with van der Waals surface area (Å²) in [4.78, 5) is 15.3. The fourth-order valence-corrected chi connectivity index (χ4v) is 7.31. The van der Waals surface area contributed by atoms with Gasteiger partial charge in [-0.25, -0.2) is 15.0 Å². The molecule has 0 bridgehead atoms. The average Bonchev–Trinajstić information content (AvgIpc) is 3.22. The number of nitrogens with zero attached hydrogens (tertiary/aromatic N) is 3. The first-order valence-electron chi connectivity index (χ1n) is 17.6. The lowest BCUT2D eigenvalue weighted by Crippen LogP contribution is -2.00. The van der Waals surface area contributed by atoms with Gasteiger partial charge in [-0.1, -0.05) is 158 Å². The van der Waals surface area contributed by atoms with Crippen LogP contribution >= 0.6 is 0 Å². The Bertz CT molecular complexity index is 2940. The number of fused-ring (bicyclic) bond motifs is 4. The predicted molar refractivity (Wildman–Crippen MR) is 217 cm³/mol. The number of benzene rings is 9. The Balaban J connectivity index is 1.09. The molecular formula is C49H31N3. The molecule has 10 aromatic rings. The highest BCUT2D eigenvalue weighted by Gasteiger charge is 2.14. The van der Waals surface area contributed by atoms with Crippen molar-refractivity contribution in [3.8, 4) is 56.4 Å². The molecule has 0 N–H and O–H groups in total. The SMILES string of the molecule is c1ccc(-c2ccc(-c3nc(-c4ccc5cc(-c6cccc7ccccc67)ccc5c4)nc(-c4ccc5cc6ccccc6cc5c4)n3)cc2)cc1. The van der Waals surface area contributed by atoms with Gasteiger partial charge in [0, 0.05) is 16.7 Å². The van der Waals surface area contributed by atoms with Crippen LogP contribution in [0.1, 0.15) is 0 Å². The zero-order valence-electron chi connectivity index (χ0n) is 28.2. The average molecular weight is 662 g/mol. The van der Waals surface area contributed by atoms with Gasteiger partial charge in [0.05, 0.1) is 0 Å². The summed E-state index contributed by atoms with van der Waals surface area (Å²) in [5.41, 5.74) is 7.60. The maximum Gasteiger partial charge on any atom is 0.164 e. The van der Waals surface area contributed by atoms with Crippen LogP contribution in [0.25, 0.3) is 99.5 Å². The van der Waals surface area contributed by atoms with E-state index in [-0.39, 0.29) is 0 Å². The highest BCUT2D eigenvalue weighted by atomic mass is 15.0. The van der Waals surface area contributed by atoms with Gasteiger partial charge in [0.2, 0.25) is 0 Å². The van der Waals surface area contributed by atoms with Crippen molar-refractivity contribution in [2.45, 2.75) is 0 Å². The molecule has 0 aliphatic heterocycles. The molecular weight excluding hydrogens is 631 g/mol. The van der Waals surface area contributed by atoms with Crippen molar-refractivity contribution in [2.24, 2.45) is 0 Å². The Labute approximate surface area is 301 Å². The fourth-order valence-electron chi connectivity index (χ4n) is 7.31. The van der Waals surface area contributed by atoms with Crippen LogP contribution in [0, 0.1) is 0 Å². The molecule has 0 atom stereocenters. The molecule has 10 rings (SSSR count). The third kappa shape index (κ3) is 5.46. The lowest BCUT2D eigenvalue weighted by atomic mass is 9.96. The second kappa shape index (κ2) is 12.4. The first kappa shape index (κ1) is 29.9. The van der Waals surface area contributed by atoms with Crippen LogP contribution in [-0.4, -0.2) is 15.0 Å². The molecule has 3 nitrogen and oxygen atoms in total. The molecule has 0 spiro atoms. The topological polar surface area (TPSA) is 38.7 Å². The van der Waals surface area contributed by atoms with Crippen molar-refractivity contribution < 1.29 is 0 Å². The predicted octanol–water partition coefficient (Wildman–Crippen LogP) is 12.8. The van der Waals surface area contributed by atoms with E-state index in [0.29, 0.717) is 17.5 Å². The summed E-state index contributed by atoms with van der Waals surface area (Å²) >= 11 is 0. The van der Waals surface area contributed by atoms with Crippen molar-refractivity contribution >= 4 is 43.1 Å². The van der Waals surface area contributed by atoms with E-state index in [4.69, 9.17) is 15.0 Å². The maximum absolute atomic E-state index is 5.12. The van der Waals surface area contributed by atoms with Crippen molar-refractivity contribution in [3.05, 3.63) is 188 Å². The second-order valence-electron chi connectivity index (χ2n) is 13.3. The minimum absolute atomic E-state index is 0.643. The largest absolute Gasteiger partial charge is 0.208 e. The van der Waals surface area contributed by atoms with Crippen molar-refractivity contribution in [2.75, 3.05) is 0 Å². The van der Waals surface area contributed by atoms with Gasteiger partial charge in [-0.15, -0.1) is 0 Å². The van der Waals surface area contributed by atoms with E-state index >= 15 is 0 Å². The van der Waals surface area contributed by atoms with E-state index in [2.05, 4.69) is 182 Å². The summed E-state index contributed by atoms with van der Waals surface area (Å²) < 4.78 is 0. The normalized spacial score (nSPS) is 11.5. The standard InChI is InChI=1S/C49H31N3/c1-2-9-32(10-3-1)33-17-19-35(20-18-33)47-50-48(52-49(51-47)43-26-23-40-27-36-12-4-5-13-37(36)30-44(40)31-43)42-25-22-38-28-41(24-21-39(38)29-42)46-16-8-14-34-11-6-7-15-45(34)46/h1-31H. The van der Waals surface area contributed by atoms with E-state index in [1.54, 1.807) is 0 Å². The summed E-state index contributed by atoms with van der Waals surface area (Å²) in [5, 5.41) is 9.58. The van der Waals surface area contributed by atoms with Crippen molar-refractivity contribution in [1.82, 2.24) is 15.0 Å². The first-order valence-corrected chi connectivity index (χ1v) is 17.6. The monoisotopic (exact) mass is 661 g/mol. The molecule has 9 aromatic carbocycles. The molecule has 52 heavy (non-hydrogen) atoms. The summed E-state index contributed by atoms with van der Waals surface area (Å²) in [7, 11) is 0. The van der Waals surface area contributed by atoms with Gasteiger partial charge in [-0.05, 0) is 95.7 Å². The van der Waals surface area contributed by atoms with Crippen LogP contribution in [0.5, 0.6) is 0 Å². The zero-order valence-corrected chi connectivity index (χ0v) is 28.2. The third-order valence-corrected chi connectivity index (χ3v) is 10.0. The van der Waals surface area contributed by atoms with Crippen molar-refractivity contribution in [1.29, 1.82) is 0 Å². The molecule has 242 valence electrons. The minimum atomic E-state index is 0.643. The van der Waals surface area contributed by atoms with Crippen LogP contribution in [0.15, 0.2) is 188 Å². The first-order chi connectivity index (χ1) is 25.7. The molecule has 0 amide bonds. The summed E-state index contributed by atoms with van der Waals surface area (Å²) in [6.07, 6.45) is 0. The van der Waals surface area contributed by atoms with Gasteiger partial charge in [-0.2, -0.15) is 0 Å². The summed E-state index contributed by atoms with van der Waals surface area (Å²) in [5.74, 6) is 1.93. The number of hydrogen-bond acceptors (Lipinski definition) is 3. The molecule has 0 unspecified atom stereocenters. The van der Waals surface area contributed by atoms with Crippen LogP contribution in [0.4, 0.5) is 0 Å². The lowest BCUT2D eigenvalue weighted by Gasteiger charge is -2.11. The Morgan fingerprint density at radius 3 is 1.35 bits per heavy atom. The number of aromatic nitrogens is 3. The molecule has 3 heteroatoms. The summed E-state index contributed by atoms with van der Waals surface area (Å²) in [6, 6.07) is 66.6. The number of rotatable bonds is 5. The smallest absolute Gasteiger partial charge is 0.164 e. The Hall–Kier alpha value is -6.97. The molecule has 0 saturated carbocycles. The second-order valence-corrected chi connectivity index (χ2v) is 13.3. The van der Waals surface area contributed by atoms with Gasteiger partial charge in [-0.3, -0.25) is 0 Å². The van der Waals surface area contributed by atoms with E-state index in [1.807, 2.05) is 6.07 Å². The van der Waals surface area contributed by atoms with E-state index in [9.17, 15) is 0 Å². The van der Waals surface area contributed by atoms with E-state index < -0.39 is 0 Å². The number of hydrogen-bond donors (Lipinski definition) is 0. The summed E-state index contributed by atoms with van der Waals surface area (Å²) in [6.45, 7) is 0. The fraction of sp³-hybridized carbons (Fsp3) is 0. The van der Waals surface area contributed by atoms with Gasteiger partial charge in [0.1, 0.15) is 0 Å². The minimum Gasteiger partial charge on any atom is -0.208 e. The Morgan fingerprint density at radius 2 is 0.654 bits per heavy atom. The quantitative estimate of drug-likeness (QED) is 0.172. The Morgan fingerprint density at radius 1 is 0.231 bits per heavy atom. The molecule has 0 radical (unpaired) electrons. The highest BCUT2D eigenvalue weighted by molar-refractivity contribution is 6.01. The van der Waals surface area contributed by atoms with Gasteiger partial charge in [0.15, 0.2) is 17.5 Å². The zero-order chi connectivity index (χ0) is 34.4. The van der Waals surface area contributed by atoms with E-state index in [1.165, 1.54) is 49.0 Å². The van der Waals surface area contributed by atoms with Crippen LogP contribution < -0.4 is 0 Å². The molecule has 0 saturated heterocycles. The van der Waals surface area contributed by atoms with E-state index in [0.717, 1.165) is 33.0 Å². The molecule has 0 aliphatic rings. The highest BCUT2D eigenvalue weighted by Crippen LogP contribution is 2.34. The van der Waals surface area contributed by atoms with Crippen molar-refractivity contribution in [3.63, 3.8) is 0 Å². The van der Waals surface area contributed by atoms with Crippen LogP contribution in [-0.2, 0) is 0 Å². The molecule has 1 heterocycles. The van der Waals surface area contributed by atoms with Gasteiger partial charge >= 0.3 is 0 Å². The lowest BCUT2D eigenvalue weighted by molar-refractivity contribution is 1.08. The van der Waals surface area contributed by atoms with Crippen LogP contribution in [0.3, 0.4) is 0 Å². The van der Waals surface area contributed by atoms with Crippen LogP contribution in [0.2, 0.25) is 0 Å². The Kier molecular flexibility index (Phi) is 7.14. The van der Waals surface area contributed by atoms with Gasteiger partial charge < -0.3 is 0 Å². The van der Waals surface area contributed by atoms with Gasteiger partial charge in [0.25, 0.3) is 0 Å². The molecule has 1 aromatic heterocycles. The third-order valence-electron chi connectivity index (χ3n) is 10.0. The molecule has 0 aliphatic carbocycles. The molecule has 0 fully saturated rings.